The van der Waals surface area contributed by atoms with Crippen molar-refractivity contribution in [3.05, 3.63) is 46.8 Å². The van der Waals surface area contributed by atoms with Crippen LogP contribution in [-0.2, 0) is 7.05 Å². The number of carbonyl (C=O) groups excluding carboxylic acids is 1. The normalized spacial score (nSPS) is 18.5. The Balaban J connectivity index is 1.79. The van der Waals surface area contributed by atoms with E-state index in [-0.39, 0.29) is 16.8 Å². The molecule has 22 heavy (non-hydrogen) atoms. The lowest BCUT2D eigenvalue weighted by atomic mass is 9.96. The largest absolute Gasteiger partial charge is 0.338 e. The van der Waals surface area contributed by atoms with Crippen molar-refractivity contribution < 1.29 is 9.18 Å². The molecule has 116 valence electrons. The molecule has 1 amide bonds. The van der Waals surface area contributed by atoms with Crippen LogP contribution in [0.15, 0.2) is 24.5 Å². The molecule has 0 spiro atoms. The summed E-state index contributed by atoms with van der Waals surface area (Å²) in [6.07, 6.45) is 3.52. The standard InChI is InChI=1S/C15H16ClFN4O/c1-20-9-18-19-14(20)10-3-2-6-21(8-10)15(22)12-5-4-11(17)7-13(12)16/h4-5,7,9-10H,2-3,6,8H2,1H3/t10-/m1/s1. The Labute approximate surface area is 132 Å². The summed E-state index contributed by atoms with van der Waals surface area (Å²) < 4.78 is 15.0. The summed E-state index contributed by atoms with van der Waals surface area (Å²) in [6.45, 7) is 1.24. The number of likely N-dealkylation sites (tertiary alicyclic amines) is 1. The van der Waals surface area contributed by atoms with Gasteiger partial charge in [-0.3, -0.25) is 4.79 Å². The molecule has 0 saturated carbocycles. The van der Waals surface area contributed by atoms with E-state index in [2.05, 4.69) is 10.2 Å². The van der Waals surface area contributed by atoms with Crippen molar-refractivity contribution in [2.45, 2.75) is 18.8 Å². The predicted octanol–water partition coefficient (Wildman–Crippen LogP) is 2.63. The zero-order chi connectivity index (χ0) is 15.7. The van der Waals surface area contributed by atoms with E-state index in [1.807, 2.05) is 11.6 Å². The van der Waals surface area contributed by atoms with Crippen LogP contribution in [-0.4, -0.2) is 38.7 Å². The summed E-state index contributed by atoms with van der Waals surface area (Å²) in [5.41, 5.74) is 0.335. The summed E-state index contributed by atoms with van der Waals surface area (Å²) in [7, 11) is 1.90. The van der Waals surface area contributed by atoms with E-state index >= 15 is 0 Å². The third-order valence-electron chi connectivity index (χ3n) is 3.98. The Kier molecular flexibility index (Phi) is 4.11. The fraction of sp³-hybridized carbons (Fsp3) is 0.400. The Morgan fingerprint density at radius 3 is 2.95 bits per heavy atom. The molecule has 3 rings (SSSR count). The van der Waals surface area contributed by atoms with E-state index in [9.17, 15) is 9.18 Å². The average molecular weight is 323 g/mol. The third-order valence-corrected chi connectivity index (χ3v) is 4.29. The quantitative estimate of drug-likeness (QED) is 0.854. The van der Waals surface area contributed by atoms with Gasteiger partial charge in [0.05, 0.1) is 10.6 Å². The highest BCUT2D eigenvalue weighted by Crippen LogP contribution is 2.27. The second-order valence-electron chi connectivity index (χ2n) is 5.51. The van der Waals surface area contributed by atoms with Gasteiger partial charge in [0, 0.05) is 26.1 Å². The first-order chi connectivity index (χ1) is 10.6. The topological polar surface area (TPSA) is 51.0 Å². The number of halogens is 2. The molecule has 1 aliphatic rings. The minimum Gasteiger partial charge on any atom is -0.338 e. The number of piperidine rings is 1. The fourth-order valence-electron chi connectivity index (χ4n) is 2.87. The number of carbonyl (C=O) groups is 1. The van der Waals surface area contributed by atoms with Crippen LogP contribution in [0.25, 0.3) is 0 Å². The Morgan fingerprint density at radius 2 is 2.27 bits per heavy atom. The average Bonchev–Trinajstić information content (AvgIpc) is 2.93. The monoisotopic (exact) mass is 322 g/mol. The van der Waals surface area contributed by atoms with Crippen molar-refractivity contribution in [2.75, 3.05) is 13.1 Å². The van der Waals surface area contributed by atoms with Crippen LogP contribution in [0.3, 0.4) is 0 Å². The highest BCUT2D eigenvalue weighted by Gasteiger charge is 2.28. The summed E-state index contributed by atoms with van der Waals surface area (Å²) in [5, 5.41) is 8.17. The molecule has 0 unspecified atom stereocenters. The highest BCUT2D eigenvalue weighted by atomic mass is 35.5. The molecule has 1 aromatic heterocycles. The van der Waals surface area contributed by atoms with Crippen LogP contribution in [0, 0.1) is 5.82 Å². The molecule has 0 bridgehead atoms. The van der Waals surface area contributed by atoms with Gasteiger partial charge < -0.3 is 9.47 Å². The number of nitrogens with zero attached hydrogens (tertiary/aromatic N) is 4. The van der Waals surface area contributed by atoms with Gasteiger partial charge in [0.1, 0.15) is 18.0 Å². The van der Waals surface area contributed by atoms with Gasteiger partial charge in [-0.15, -0.1) is 10.2 Å². The summed E-state index contributed by atoms with van der Waals surface area (Å²) in [5.74, 6) is 0.418. The zero-order valence-corrected chi connectivity index (χ0v) is 12.9. The van der Waals surface area contributed by atoms with Gasteiger partial charge >= 0.3 is 0 Å². The third kappa shape index (κ3) is 2.83. The van der Waals surface area contributed by atoms with Gasteiger partial charge in [-0.25, -0.2) is 4.39 Å². The molecule has 1 fully saturated rings. The van der Waals surface area contributed by atoms with Crippen LogP contribution < -0.4 is 0 Å². The molecule has 0 N–H and O–H groups in total. The second-order valence-corrected chi connectivity index (χ2v) is 5.92. The lowest BCUT2D eigenvalue weighted by Crippen LogP contribution is -2.39. The van der Waals surface area contributed by atoms with E-state index in [1.165, 1.54) is 18.2 Å². The summed E-state index contributed by atoms with van der Waals surface area (Å²) in [6, 6.07) is 3.86. The molecule has 2 aromatic rings. The van der Waals surface area contributed by atoms with E-state index < -0.39 is 5.82 Å². The van der Waals surface area contributed by atoms with Crippen LogP contribution in [0.4, 0.5) is 4.39 Å². The summed E-state index contributed by atoms with van der Waals surface area (Å²) in [4.78, 5) is 14.4. The van der Waals surface area contributed by atoms with Gasteiger partial charge in [-0.1, -0.05) is 11.6 Å². The number of aryl methyl sites for hydroxylation is 1. The Morgan fingerprint density at radius 1 is 1.45 bits per heavy atom. The molecular weight excluding hydrogens is 307 g/mol. The van der Waals surface area contributed by atoms with Crippen LogP contribution in [0.1, 0.15) is 34.9 Å². The van der Waals surface area contributed by atoms with Crippen molar-refractivity contribution >= 4 is 17.5 Å². The number of benzene rings is 1. The first kappa shape index (κ1) is 15.0. The van der Waals surface area contributed by atoms with Gasteiger partial charge in [-0.05, 0) is 31.0 Å². The van der Waals surface area contributed by atoms with Crippen molar-refractivity contribution in [3.8, 4) is 0 Å². The lowest BCUT2D eigenvalue weighted by Gasteiger charge is -2.32. The van der Waals surface area contributed by atoms with Crippen molar-refractivity contribution in [1.29, 1.82) is 0 Å². The van der Waals surface area contributed by atoms with Crippen molar-refractivity contribution in [3.63, 3.8) is 0 Å². The Bertz CT molecular complexity index is 703. The highest BCUT2D eigenvalue weighted by molar-refractivity contribution is 6.33. The van der Waals surface area contributed by atoms with Gasteiger partial charge in [-0.2, -0.15) is 0 Å². The lowest BCUT2D eigenvalue weighted by molar-refractivity contribution is 0.0703. The smallest absolute Gasteiger partial charge is 0.255 e. The Hall–Kier alpha value is -1.95. The minimum absolute atomic E-state index is 0.144. The molecule has 2 heterocycles. The maximum atomic E-state index is 13.1. The molecule has 1 aliphatic heterocycles. The number of aromatic nitrogens is 3. The molecule has 0 aliphatic carbocycles. The molecule has 1 atom stereocenters. The van der Waals surface area contributed by atoms with E-state index in [1.54, 1.807) is 11.2 Å². The molecule has 1 saturated heterocycles. The van der Waals surface area contributed by atoms with Crippen LogP contribution in [0.2, 0.25) is 5.02 Å². The van der Waals surface area contributed by atoms with Gasteiger partial charge in [0.2, 0.25) is 0 Å². The first-order valence-corrected chi connectivity index (χ1v) is 7.52. The zero-order valence-electron chi connectivity index (χ0n) is 12.2. The first-order valence-electron chi connectivity index (χ1n) is 7.14. The molecule has 7 heteroatoms. The number of rotatable bonds is 2. The molecule has 5 nitrogen and oxygen atoms in total. The number of hydrogen-bond acceptors (Lipinski definition) is 3. The van der Waals surface area contributed by atoms with E-state index in [4.69, 9.17) is 11.6 Å². The molecule has 0 radical (unpaired) electrons. The maximum Gasteiger partial charge on any atom is 0.255 e. The maximum absolute atomic E-state index is 13.1. The second kappa shape index (κ2) is 6.04. The SMILES string of the molecule is Cn1cnnc1[C@@H]1CCCN(C(=O)c2ccc(F)cc2Cl)C1. The van der Waals surface area contributed by atoms with Crippen LogP contribution in [0.5, 0.6) is 0 Å². The molecular formula is C15H16ClFN4O. The van der Waals surface area contributed by atoms with Crippen molar-refractivity contribution in [1.82, 2.24) is 19.7 Å². The summed E-state index contributed by atoms with van der Waals surface area (Å²) >= 11 is 5.99. The van der Waals surface area contributed by atoms with E-state index in [0.717, 1.165) is 18.7 Å². The van der Waals surface area contributed by atoms with Crippen LogP contribution >= 0.6 is 11.6 Å². The van der Waals surface area contributed by atoms with E-state index in [0.29, 0.717) is 18.7 Å². The minimum atomic E-state index is -0.447. The van der Waals surface area contributed by atoms with Crippen molar-refractivity contribution in [2.24, 2.45) is 7.05 Å². The van der Waals surface area contributed by atoms with Gasteiger partial charge in [0.25, 0.3) is 5.91 Å². The number of hydrogen-bond donors (Lipinski definition) is 0. The predicted molar refractivity (Wildman–Crippen MR) is 80.3 cm³/mol. The number of amides is 1. The fourth-order valence-corrected chi connectivity index (χ4v) is 3.12. The molecule has 1 aromatic carbocycles. The van der Waals surface area contributed by atoms with Gasteiger partial charge in [0.15, 0.2) is 0 Å².